The molecule has 1 atom stereocenters. The van der Waals surface area contributed by atoms with E-state index >= 15 is 0 Å². The van der Waals surface area contributed by atoms with Crippen LogP contribution in [0.15, 0.2) is 71.1 Å². The van der Waals surface area contributed by atoms with Crippen LogP contribution in [0.2, 0.25) is 5.02 Å². The Kier molecular flexibility index (Phi) is 5.64. The van der Waals surface area contributed by atoms with Gasteiger partial charge in [-0.3, -0.25) is 9.52 Å². The monoisotopic (exact) mass is 459 g/mol. The maximum Gasteiger partial charge on any atom is 0.274 e. The van der Waals surface area contributed by atoms with Gasteiger partial charge in [0.15, 0.2) is 0 Å². The second-order valence-electron chi connectivity index (χ2n) is 6.89. The topological polar surface area (TPSA) is 78.8 Å². The Labute approximate surface area is 183 Å². The molecule has 9 heteroatoms. The lowest BCUT2D eigenvalue weighted by atomic mass is 10.0. The quantitative estimate of drug-likeness (QED) is 0.597. The molecule has 1 aromatic heterocycles. The zero-order valence-electron chi connectivity index (χ0n) is 15.9. The molecule has 1 aliphatic rings. The van der Waals surface area contributed by atoms with Crippen molar-refractivity contribution >= 4 is 50.3 Å². The molecule has 0 spiro atoms. The third-order valence-corrected chi connectivity index (χ3v) is 6.43. The molecule has 0 saturated carbocycles. The Morgan fingerprint density at radius 1 is 1.13 bits per heavy atom. The van der Waals surface area contributed by atoms with E-state index in [9.17, 15) is 13.2 Å². The van der Waals surface area contributed by atoms with Gasteiger partial charge in [-0.05, 0) is 53.4 Å². The largest absolute Gasteiger partial charge is 0.284 e. The van der Waals surface area contributed by atoms with Gasteiger partial charge in [-0.25, -0.2) is 13.4 Å². The average Bonchev–Trinajstić information content (AvgIpc) is 3.37. The molecule has 1 aliphatic heterocycles. The first-order chi connectivity index (χ1) is 14.3. The highest BCUT2D eigenvalue weighted by atomic mass is 35.5. The number of nitrogens with zero attached hydrogens (tertiary/aromatic N) is 2. The lowest BCUT2D eigenvalue weighted by molar-refractivity contribution is 0.0714. The molecular formula is C21H18ClN3O3S2. The van der Waals surface area contributed by atoms with Crippen molar-refractivity contribution in [2.45, 2.75) is 12.5 Å². The number of hydrazone groups is 1. The van der Waals surface area contributed by atoms with Crippen molar-refractivity contribution in [3.8, 4) is 0 Å². The van der Waals surface area contributed by atoms with Crippen LogP contribution in [0.25, 0.3) is 0 Å². The van der Waals surface area contributed by atoms with Crippen LogP contribution in [0, 0.1) is 0 Å². The molecule has 154 valence electrons. The molecule has 1 N–H and O–H groups in total. The Morgan fingerprint density at radius 3 is 2.43 bits per heavy atom. The van der Waals surface area contributed by atoms with Crippen molar-refractivity contribution in [1.29, 1.82) is 0 Å². The molecular weight excluding hydrogens is 442 g/mol. The van der Waals surface area contributed by atoms with E-state index in [1.54, 1.807) is 59.9 Å². The van der Waals surface area contributed by atoms with Crippen molar-refractivity contribution in [3.05, 3.63) is 87.1 Å². The van der Waals surface area contributed by atoms with Crippen LogP contribution in [0.4, 0.5) is 5.69 Å². The fraction of sp³-hybridized carbons (Fsp3) is 0.143. The number of hydrogen-bond donors (Lipinski definition) is 1. The summed E-state index contributed by atoms with van der Waals surface area (Å²) in [6.45, 7) is 0. The number of hydrogen-bond acceptors (Lipinski definition) is 5. The predicted octanol–water partition coefficient (Wildman–Crippen LogP) is 4.76. The summed E-state index contributed by atoms with van der Waals surface area (Å²) in [6, 6.07) is 17.5. The fourth-order valence-electron chi connectivity index (χ4n) is 3.24. The molecule has 1 amide bonds. The van der Waals surface area contributed by atoms with Crippen molar-refractivity contribution in [1.82, 2.24) is 5.01 Å². The lowest BCUT2D eigenvalue weighted by Gasteiger charge is -2.20. The first-order valence-corrected chi connectivity index (χ1v) is 12.2. The van der Waals surface area contributed by atoms with E-state index in [1.165, 1.54) is 5.01 Å². The molecule has 0 radical (unpaired) electrons. The summed E-state index contributed by atoms with van der Waals surface area (Å²) in [5, 5.41) is 8.70. The molecule has 30 heavy (non-hydrogen) atoms. The number of carbonyl (C=O) groups is 1. The van der Waals surface area contributed by atoms with Gasteiger partial charge in [0.05, 0.1) is 18.0 Å². The van der Waals surface area contributed by atoms with E-state index in [-0.39, 0.29) is 11.9 Å². The highest BCUT2D eigenvalue weighted by Gasteiger charge is 2.34. The first kappa shape index (κ1) is 20.6. The number of carbonyl (C=O) groups excluding carboxylic acids is 1. The van der Waals surface area contributed by atoms with E-state index in [4.69, 9.17) is 11.6 Å². The molecule has 1 unspecified atom stereocenters. The van der Waals surface area contributed by atoms with Crippen molar-refractivity contribution in [2.24, 2.45) is 5.10 Å². The van der Waals surface area contributed by atoms with Crippen LogP contribution in [0.1, 0.15) is 33.3 Å². The highest BCUT2D eigenvalue weighted by molar-refractivity contribution is 7.92. The van der Waals surface area contributed by atoms with E-state index in [1.807, 2.05) is 17.5 Å². The van der Waals surface area contributed by atoms with Gasteiger partial charge in [0, 0.05) is 27.6 Å². The van der Waals surface area contributed by atoms with Gasteiger partial charge < -0.3 is 0 Å². The van der Waals surface area contributed by atoms with Gasteiger partial charge in [0.25, 0.3) is 5.91 Å². The maximum atomic E-state index is 13.2. The van der Waals surface area contributed by atoms with E-state index in [0.29, 0.717) is 22.7 Å². The van der Waals surface area contributed by atoms with Crippen LogP contribution in [-0.4, -0.2) is 31.3 Å². The number of halogens is 1. The Bertz CT molecular complexity index is 1190. The molecule has 0 aliphatic carbocycles. The van der Waals surface area contributed by atoms with Gasteiger partial charge in [-0.2, -0.15) is 5.10 Å². The van der Waals surface area contributed by atoms with E-state index < -0.39 is 10.0 Å². The molecule has 3 aromatic rings. The van der Waals surface area contributed by atoms with Crippen molar-refractivity contribution in [2.75, 3.05) is 11.0 Å². The summed E-state index contributed by atoms with van der Waals surface area (Å²) in [6.07, 6.45) is 1.67. The van der Waals surface area contributed by atoms with Gasteiger partial charge in [-0.1, -0.05) is 29.8 Å². The minimum absolute atomic E-state index is 0.197. The number of anilines is 1. The third kappa shape index (κ3) is 4.56. The Hall–Kier alpha value is -2.68. The second kappa shape index (κ2) is 8.22. The fourth-order valence-corrected chi connectivity index (χ4v) is 4.75. The number of nitrogens with one attached hydrogen (secondary N) is 1. The minimum Gasteiger partial charge on any atom is -0.284 e. The summed E-state index contributed by atoms with van der Waals surface area (Å²) in [7, 11) is -3.34. The third-order valence-electron chi connectivity index (χ3n) is 4.60. The second-order valence-corrected chi connectivity index (χ2v) is 10.1. The maximum absolute atomic E-state index is 13.2. The van der Waals surface area contributed by atoms with Gasteiger partial charge >= 0.3 is 0 Å². The Morgan fingerprint density at radius 2 is 1.83 bits per heavy atom. The zero-order valence-corrected chi connectivity index (χ0v) is 18.3. The summed E-state index contributed by atoms with van der Waals surface area (Å²) >= 11 is 7.53. The SMILES string of the molecule is CS(=O)(=O)Nc1ccc(C2=NN(C(=O)c3ccc(Cl)cc3)C(c3cccs3)C2)cc1. The van der Waals surface area contributed by atoms with E-state index in [0.717, 1.165) is 22.4 Å². The molecule has 2 aromatic carbocycles. The lowest BCUT2D eigenvalue weighted by Crippen LogP contribution is -2.26. The number of sulfonamides is 1. The van der Waals surface area contributed by atoms with Crippen LogP contribution in [0.3, 0.4) is 0 Å². The van der Waals surface area contributed by atoms with Gasteiger partial charge in [0.2, 0.25) is 10.0 Å². The summed E-state index contributed by atoms with van der Waals surface area (Å²) in [5.74, 6) is -0.199. The van der Waals surface area contributed by atoms with E-state index in [2.05, 4.69) is 9.82 Å². The normalized spacial score (nSPS) is 16.4. The summed E-state index contributed by atoms with van der Waals surface area (Å²) < 4.78 is 25.2. The smallest absolute Gasteiger partial charge is 0.274 e. The first-order valence-electron chi connectivity index (χ1n) is 9.08. The van der Waals surface area contributed by atoms with Crippen LogP contribution in [0.5, 0.6) is 0 Å². The van der Waals surface area contributed by atoms with Crippen LogP contribution in [-0.2, 0) is 10.0 Å². The van der Waals surface area contributed by atoms with Crippen molar-refractivity contribution in [3.63, 3.8) is 0 Å². The molecule has 2 heterocycles. The average molecular weight is 460 g/mol. The summed E-state index contributed by atoms with van der Waals surface area (Å²) in [5.41, 5.74) is 2.59. The van der Waals surface area contributed by atoms with Crippen LogP contribution >= 0.6 is 22.9 Å². The van der Waals surface area contributed by atoms with Crippen LogP contribution < -0.4 is 4.72 Å². The van der Waals surface area contributed by atoms with Crippen molar-refractivity contribution < 1.29 is 13.2 Å². The number of rotatable bonds is 5. The van der Waals surface area contributed by atoms with Gasteiger partial charge in [0.1, 0.15) is 0 Å². The minimum atomic E-state index is -3.34. The molecule has 6 nitrogen and oxygen atoms in total. The molecule has 0 bridgehead atoms. The predicted molar refractivity (Wildman–Crippen MR) is 121 cm³/mol. The standard InChI is InChI=1S/C21H18ClN3O3S2/c1-30(27,28)24-17-10-6-14(7-11-17)18-13-19(20-3-2-12-29-20)25(23-18)21(26)15-4-8-16(22)9-5-15/h2-12,19,24H,13H2,1H3. The molecule has 0 fully saturated rings. The van der Waals surface area contributed by atoms with Gasteiger partial charge in [-0.15, -0.1) is 11.3 Å². The summed E-state index contributed by atoms with van der Waals surface area (Å²) in [4.78, 5) is 14.2. The number of amides is 1. The molecule has 0 saturated heterocycles. The number of benzene rings is 2. The molecule has 4 rings (SSSR count). The highest BCUT2D eigenvalue weighted by Crippen LogP contribution is 2.36. The number of thiophene rings is 1. The Balaban J connectivity index is 1.65. The zero-order chi connectivity index (χ0) is 21.3.